The highest BCUT2D eigenvalue weighted by Crippen LogP contribution is 2.36. The Hall–Kier alpha value is -2.31. The molecule has 0 N–H and O–H groups in total. The first-order valence-corrected chi connectivity index (χ1v) is 9.62. The van der Waals surface area contributed by atoms with Crippen molar-refractivity contribution in [2.45, 2.75) is 12.8 Å². The van der Waals surface area contributed by atoms with Crippen molar-refractivity contribution in [3.63, 3.8) is 0 Å². The van der Waals surface area contributed by atoms with E-state index in [2.05, 4.69) is 12.1 Å². The van der Waals surface area contributed by atoms with Crippen molar-refractivity contribution < 1.29 is 14.3 Å². The van der Waals surface area contributed by atoms with Crippen LogP contribution in [0.3, 0.4) is 0 Å². The molecule has 4 nitrogen and oxygen atoms in total. The van der Waals surface area contributed by atoms with Gasteiger partial charge in [-0.25, -0.2) is 0 Å². The third kappa shape index (κ3) is 3.61. The molecule has 0 saturated carbocycles. The van der Waals surface area contributed by atoms with E-state index >= 15 is 0 Å². The lowest BCUT2D eigenvalue weighted by atomic mass is 10.1. The molecule has 1 fully saturated rings. The van der Waals surface area contributed by atoms with Crippen LogP contribution in [0.2, 0.25) is 0 Å². The number of amides is 1. The maximum atomic E-state index is 12.7. The standard InChI is InChI=1S/C20H17NO3S2/c22-19-18(12-15-8-9-16-17(11-15)24-13-23-16)26-20(25)21(19)10-4-7-14-5-2-1-3-6-14/h1-3,5-6,8-9,11-12H,4,7,10,13H2/b18-12-. The second-order valence-electron chi connectivity index (χ2n) is 6.04. The van der Waals surface area contributed by atoms with Gasteiger partial charge in [0.2, 0.25) is 6.79 Å². The van der Waals surface area contributed by atoms with Gasteiger partial charge in [-0.1, -0.05) is 60.4 Å². The summed E-state index contributed by atoms with van der Waals surface area (Å²) in [5.74, 6) is 1.42. The summed E-state index contributed by atoms with van der Waals surface area (Å²) in [5.41, 5.74) is 2.17. The minimum Gasteiger partial charge on any atom is -0.454 e. The summed E-state index contributed by atoms with van der Waals surface area (Å²) in [4.78, 5) is 15.0. The van der Waals surface area contributed by atoms with E-state index in [4.69, 9.17) is 21.7 Å². The summed E-state index contributed by atoms with van der Waals surface area (Å²) < 4.78 is 11.3. The molecule has 2 aliphatic heterocycles. The lowest BCUT2D eigenvalue weighted by molar-refractivity contribution is -0.122. The van der Waals surface area contributed by atoms with Crippen molar-refractivity contribution in [2.24, 2.45) is 0 Å². The molecule has 26 heavy (non-hydrogen) atoms. The van der Waals surface area contributed by atoms with Crippen LogP contribution in [0.5, 0.6) is 11.5 Å². The third-order valence-electron chi connectivity index (χ3n) is 4.26. The van der Waals surface area contributed by atoms with Crippen LogP contribution >= 0.6 is 24.0 Å². The molecular formula is C20H17NO3S2. The maximum absolute atomic E-state index is 12.7. The first kappa shape index (κ1) is 17.1. The van der Waals surface area contributed by atoms with Crippen LogP contribution < -0.4 is 9.47 Å². The molecule has 0 radical (unpaired) electrons. The van der Waals surface area contributed by atoms with Crippen molar-refractivity contribution in [1.29, 1.82) is 0 Å². The van der Waals surface area contributed by atoms with Gasteiger partial charge < -0.3 is 9.47 Å². The summed E-state index contributed by atoms with van der Waals surface area (Å²) in [6.45, 7) is 0.875. The zero-order valence-electron chi connectivity index (χ0n) is 14.0. The van der Waals surface area contributed by atoms with E-state index in [0.717, 1.165) is 24.2 Å². The first-order chi connectivity index (χ1) is 12.7. The smallest absolute Gasteiger partial charge is 0.266 e. The van der Waals surface area contributed by atoms with Gasteiger partial charge in [-0.3, -0.25) is 9.69 Å². The lowest BCUT2D eigenvalue weighted by Gasteiger charge is -2.14. The molecule has 0 aliphatic carbocycles. The van der Waals surface area contributed by atoms with Gasteiger partial charge >= 0.3 is 0 Å². The number of fused-ring (bicyclic) bond motifs is 1. The number of rotatable bonds is 5. The van der Waals surface area contributed by atoms with E-state index in [-0.39, 0.29) is 12.7 Å². The number of nitrogens with zero attached hydrogens (tertiary/aromatic N) is 1. The summed E-state index contributed by atoms with van der Waals surface area (Å²) in [5, 5.41) is 0. The van der Waals surface area contributed by atoms with Gasteiger partial charge in [0.1, 0.15) is 4.32 Å². The molecule has 2 aromatic carbocycles. The Morgan fingerprint density at radius 1 is 1.12 bits per heavy atom. The highest BCUT2D eigenvalue weighted by atomic mass is 32.2. The Labute approximate surface area is 161 Å². The fraction of sp³-hybridized carbons (Fsp3) is 0.200. The quantitative estimate of drug-likeness (QED) is 0.570. The van der Waals surface area contributed by atoms with E-state index in [1.165, 1.54) is 17.3 Å². The van der Waals surface area contributed by atoms with Gasteiger partial charge in [-0.05, 0) is 42.2 Å². The van der Waals surface area contributed by atoms with Crippen LogP contribution in [0.4, 0.5) is 0 Å². The summed E-state index contributed by atoms with van der Waals surface area (Å²) in [6, 6.07) is 15.9. The van der Waals surface area contributed by atoms with E-state index in [1.807, 2.05) is 42.5 Å². The number of benzene rings is 2. The molecule has 0 atom stereocenters. The van der Waals surface area contributed by atoms with Crippen molar-refractivity contribution in [3.8, 4) is 11.5 Å². The van der Waals surface area contributed by atoms with Gasteiger partial charge in [-0.2, -0.15) is 0 Å². The predicted molar refractivity (Wildman–Crippen MR) is 107 cm³/mol. The monoisotopic (exact) mass is 383 g/mol. The second kappa shape index (κ2) is 7.51. The highest BCUT2D eigenvalue weighted by molar-refractivity contribution is 8.26. The van der Waals surface area contributed by atoms with Gasteiger partial charge in [0, 0.05) is 6.54 Å². The Kier molecular flexibility index (Phi) is 4.95. The van der Waals surface area contributed by atoms with Crippen LogP contribution in [0.15, 0.2) is 53.4 Å². The van der Waals surface area contributed by atoms with Gasteiger partial charge in [-0.15, -0.1) is 0 Å². The van der Waals surface area contributed by atoms with Crippen molar-refractivity contribution >= 4 is 40.3 Å². The molecule has 0 spiro atoms. The molecule has 0 aromatic heterocycles. The fourth-order valence-corrected chi connectivity index (χ4v) is 4.24. The second-order valence-corrected chi connectivity index (χ2v) is 7.71. The number of hydrogen-bond donors (Lipinski definition) is 0. The molecule has 2 aliphatic rings. The van der Waals surface area contributed by atoms with Gasteiger partial charge in [0.15, 0.2) is 11.5 Å². The molecule has 6 heteroatoms. The van der Waals surface area contributed by atoms with E-state index in [1.54, 1.807) is 4.90 Å². The molecule has 0 bridgehead atoms. The van der Waals surface area contributed by atoms with Crippen molar-refractivity contribution in [2.75, 3.05) is 13.3 Å². The highest BCUT2D eigenvalue weighted by Gasteiger charge is 2.31. The van der Waals surface area contributed by atoms with E-state index < -0.39 is 0 Å². The van der Waals surface area contributed by atoms with E-state index in [0.29, 0.717) is 21.5 Å². The first-order valence-electron chi connectivity index (χ1n) is 8.40. The van der Waals surface area contributed by atoms with E-state index in [9.17, 15) is 4.79 Å². The SMILES string of the molecule is O=C1/C(=C/c2ccc3c(c2)OCO3)SC(=S)N1CCCc1ccccc1. The average molecular weight is 383 g/mol. The molecule has 2 heterocycles. The summed E-state index contributed by atoms with van der Waals surface area (Å²) >= 11 is 6.76. The van der Waals surface area contributed by atoms with Crippen molar-refractivity contribution in [1.82, 2.24) is 4.90 Å². The normalized spacial score (nSPS) is 17.4. The van der Waals surface area contributed by atoms with Crippen LogP contribution in [-0.4, -0.2) is 28.5 Å². The molecular weight excluding hydrogens is 366 g/mol. The Morgan fingerprint density at radius 2 is 1.92 bits per heavy atom. The minimum atomic E-state index is -0.0225. The number of hydrogen-bond acceptors (Lipinski definition) is 5. The van der Waals surface area contributed by atoms with Crippen LogP contribution in [0, 0.1) is 0 Å². The Bertz CT molecular complexity index is 880. The number of thiocarbonyl (C=S) groups is 1. The summed E-state index contributed by atoms with van der Waals surface area (Å²) in [7, 11) is 0. The molecule has 1 saturated heterocycles. The topological polar surface area (TPSA) is 38.8 Å². The molecule has 0 unspecified atom stereocenters. The van der Waals surface area contributed by atoms with Crippen molar-refractivity contribution in [3.05, 3.63) is 64.6 Å². The largest absolute Gasteiger partial charge is 0.454 e. The average Bonchev–Trinajstić information content (AvgIpc) is 3.22. The van der Waals surface area contributed by atoms with Gasteiger partial charge in [0.05, 0.1) is 4.91 Å². The fourth-order valence-electron chi connectivity index (χ4n) is 2.93. The Balaban J connectivity index is 1.41. The lowest BCUT2D eigenvalue weighted by Crippen LogP contribution is -2.29. The zero-order valence-corrected chi connectivity index (χ0v) is 15.6. The minimum absolute atomic E-state index is 0.0225. The number of carbonyl (C=O) groups excluding carboxylic acids is 1. The number of aryl methyl sites for hydroxylation is 1. The maximum Gasteiger partial charge on any atom is 0.266 e. The molecule has 4 rings (SSSR count). The predicted octanol–water partition coefficient (Wildman–Crippen LogP) is 4.25. The van der Waals surface area contributed by atoms with Crippen LogP contribution in [0.1, 0.15) is 17.5 Å². The molecule has 2 aromatic rings. The summed E-state index contributed by atoms with van der Waals surface area (Å²) in [6.07, 6.45) is 3.67. The Morgan fingerprint density at radius 3 is 2.77 bits per heavy atom. The van der Waals surface area contributed by atoms with Gasteiger partial charge in [0.25, 0.3) is 5.91 Å². The number of ether oxygens (including phenoxy) is 2. The molecule has 1 amide bonds. The number of carbonyl (C=O) groups is 1. The zero-order chi connectivity index (χ0) is 17.9. The van der Waals surface area contributed by atoms with Crippen LogP contribution in [0.25, 0.3) is 6.08 Å². The molecule has 132 valence electrons. The van der Waals surface area contributed by atoms with Crippen LogP contribution in [-0.2, 0) is 11.2 Å². The third-order valence-corrected chi connectivity index (χ3v) is 5.64. The number of thioether (sulfide) groups is 1.